The van der Waals surface area contributed by atoms with Crippen molar-refractivity contribution in [2.75, 3.05) is 0 Å². The van der Waals surface area contributed by atoms with Crippen LogP contribution in [-0.2, 0) is 21.1 Å². The molecule has 4 heterocycles. The Morgan fingerprint density at radius 1 is 0.551 bits per heavy atom. The van der Waals surface area contributed by atoms with Crippen molar-refractivity contribution in [1.29, 1.82) is 0 Å². The standard InChI is InChI=1S/C63H51N5.Pt/c1-37(2)45-21-15-22-46(38(3)4)59(45)43-34-52(58-40(6)32-39(5)33-41(58)7)60-50-30-29-42(35-55(50)68(56(60)36-43)57-28-13-14-31-64-57)47-23-17-27-54-62(47)66-63(67(54)44-18-9-8-10-19-44)51-25-16-24-49-48-20-11-12-26-53(48)65-61(49)51;/h8-34,36-38H,1-7H3;/q-2;+2. The van der Waals surface area contributed by atoms with Gasteiger partial charge in [-0.15, -0.1) is 34.8 Å². The first-order valence-electron chi connectivity index (χ1n) is 23.8. The summed E-state index contributed by atoms with van der Waals surface area (Å²) in [6.07, 6.45) is 1.89. The van der Waals surface area contributed by atoms with Crippen molar-refractivity contribution in [3.05, 3.63) is 204 Å². The molecule has 0 aliphatic carbocycles. The molecule has 0 bridgehead atoms. The van der Waals surface area contributed by atoms with Gasteiger partial charge in [-0.2, -0.15) is 0 Å². The number of aromatic nitrogens is 5. The van der Waals surface area contributed by atoms with Gasteiger partial charge in [0, 0.05) is 23.0 Å². The average molecular weight is 1070 g/mol. The van der Waals surface area contributed by atoms with Crippen LogP contribution in [0, 0.1) is 26.8 Å². The Hall–Kier alpha value is -7.33. The van der Waals surface area contributed by atoms with Crippen molar-refractivity contribution in [1.82, 2.24) is 24.1 Å². The van der Waals surface area contributed by atoms with Crippen LogP contribution in [0.2, 0.25) is 0 Å². The van der Waals surface area contributed by atoms with Crippen molar-refractivity contribution in [3.8, 4) is 56.3 Å². The topological polar surface area (TPSA) is 49.7 Å². The number of benzene rings is 8. The molecular weight excluding hydrogens is 1020 g/mol. The first-order valence-corrected chi connectivity index (χ1v) is 23.8. The molecule has 0 radical (unpaired) electrons. The number of imidazole rings is 1. The number of hydrogen-bond donors (Lipinski definition) is 0. The fourth-order valence-electron chi connectivity index (χ4n) is 11.1. The van der Waals surface area contributed by atoms with E-state index in [4.69, 9.17) is 15.0 Å². The number of nitrogens with zero attached hydrogens (tertiary/aromatic N) is 5. The second-order valence-corrected chi connectivity index (χ2v) is 19.1. The summed E-state index contributed by atoms with van der Waals surface area (Å²) in [6.45, 7) is 16.0. The molecule has 6 heteroatoms. The van der Waals surface area contributed by atoms with E-state index >= 15 is 0 Å². The zero-order valence-electron chi connectivity index (χ0n) is 39.9. The van der Waals surface area contributed by atoms with Gasteiger partial charge in [-0.3, -0.25) is 4.57 Å². The molecule has 5 nitrogen and oxygen atoms in total. The summed E-state index contributed by atoms with van der Waals surface area (Å²) >= 11 is 0. The third kappa shape index (κ3) is 7.17. The van der Waals surface area contributed by atoms with Crippen LogP contribution in [0.3, 0.4) is 0 Å². The van der Waals surface area contributed by atoms with E-state index in [-0.39, 0.29) is 21.1 Å². The van der Waals surface area contributed by atoms with Crippen molar-refractivity contribution in [2.24, 2.45) is 0 Å². The average Bonchev–Trinajstić information content (AvgIpc) is 4.03. The van der Waals surface area contributed by atoms with Crippen LogP contribution in [0.5, 0.6) is 0 Å². The molecule has 0 saturated heterocycles. The molecular formula is C63H51N5Pt. The Morgan fingerprint density at radius 3 is 1.97 bits per heavy atom. The van der Waals surface area contributed by atoms with Crippen molar-refractivity contribution < 1.29 is 21.1 Å². The second kappa shape index (κ2) is 17.3. The first kappa shape index (κ1) is 44.2. The minimum Gasteiger partial charge on any atom is -0.656 e. The fraction of sp³-hybridized carbons (Fsp3) is 0.143. The number of fused-ring (bicyclic) bond motifs is 7. The van der Waals surface area contributed by atoms with Crippen molar-refractivity contribution in [2.45, 2.75) is 60.3 Å². The summed E-state index contributed by atoms with van der Waals surface area (Å²) in [6, 6.07) is 63.1. The van der Waals surface area contributed by atoms with Gasteiger partial charge in [-0.05, 0) is 141 Å². The van der Waals surface area contributed by atoms with Gasteiger partial charge in [0.25, 0.3) is 0 Å². The predicted octanol–water partition coefficient (Wildman–Crippen LogP) is 16.4. The van der Waals surface area contributed by atoms with E-state index in [1.54, 1.807) is 0 Å². The molecule has 0 amide bonds. The van der Waals surface area contributed by atoms with Crippen LogP contribution in [0.15, 0.2) is 170 Å². The van der Waals surface area contributed by atoms with E-state index in [9.17, 15) is 0 Å². The van der Waals surface area contributed by atoms with Gasteiger partial charge in [0.2, 0.25) is 0 Å². The molecule has 0 unspecified atom stereocenters. The number of para-hydroxylation sites is 4. The van der Waals surface area contributed by atoms with Crippen molar-refractivity contribution in [3.63, 3.8) is 0 Å². The molecule has 4 aromatic heterocycles. The second-order valence-electron chi connectivity index (χ2n) is 19.1. The summed E-state index contributed by atoms with van der Waals surface area (Å²) in [5, 5.41) is 4.58. The summed E-state index contributed by atoms with van der Waals surface area (Å²) in [5.41, 5.74) is 21.4. The normalized spacial score (nSPS) is 11.8. The molecule has 69 heavy (non-hydrogen) atoms. The minimum atomic E-state index is 0. The Morgan fingerprint density at radius 2 is 1.23 bits per heavy atom. The number of aryl methyl sites for hydroxylation is 3. The van der Waals surface area contributed by atoms with Gasteiger partial charge in [-0.1, -0.05) is 153 Å². The quantitative estimate of drug-likeness (QED) is 0.143. The largest absolute Gasteiger partial charge is 2.00 e. The molecule has 12 aromatic rings. The van der Waals surface area contributed by atoms with Crippen LogP contribution in [-0.4, -0.2) is 19.1 Å². The van der Waals surface area contributed by atoms with E-state index < -0.39 is 0 Å². The SMILES string of the molecule is Cc1cc(C)c(-c2cc(-c3c(C(C)C)cccc3C(C)C)cc3c2c2ccc(-c4cccc5c4nc(-c4cccc6c4[n-]c4ccccc46)n5-c4ccccc4)[c-]c2n3-c2ccccn2)c(C)c1.[Pt+2]. The van der Waals surface area contributed by atoms with Gasteiger partial charge in [0.1, 0.15) is 11.6 Å². The van der Waals surface area contributed by atoms with Crippen LogP contribution in [0.25, 0.3) is 111 Å². The molecule has 0 atom stereocenters. The first-order chi connectivity index (χ1) is 33.1. The van der Waals surface area contributed by atoms with Crippen LogP contribution in [0.4, 0.5) is 0 Å². The zero-order valence-corrected chi connectivity index (χ0v) is 42.1. The van der Waals surface area contributed by atoms with Gasteiger partial charge in [0.15, 0.2) is 0 Å². The smallest absolute Gasteiger partial charge is 0.656 e. The van der Waals surface area contributed by atoms with Gasteiger partial charge < -0.3 is 9.55 Å². The molecule has 338 valence electrons. The van der Waals surface area contributed by atoms with Crippen LogP contribution >= 0.6 is 0 Å². The number of rotatable bonds is 8. The third-order valence-electron chi connectivity index (χ3n) is 14.0. The minimum absolute atomic E-state index is 0. The van der Waals surface area contributed by atoms with E-state index in [0.29, 0.717) is 11.8 Å². The van der Waals surface area contributed by atoms with E-state index in [0.717, 1.165) is 83.3 Å². The summed E-state index contributed by atoms with van der Waals surface area (Å²) < 4.78 is 4.63. The van der Waals surface area contributed by atoms with Gasteiger partial charge in [-0.25, -0.2) is 9.97 Å². The Labute approximate surface area is 417 Å². The molecule has 0 spiro atoms. The molecule has 0 aliphatic heterocycles. The summed E-state index contributed by atoms with van der Waals surface area (Å²) in [5.74, 6) is 2.37. The molecule has 0 aliphatic rings. The Balaban J connectivity index is 0.00000520. The summed E-state index contributed by atoms with van der Waals surface area (Å²) in [4.78, 5) is 15.9. The Kier molecular flexibility index (Phi) is 11.1. The monoisotopic (exact) mass is 1070 g/mol. The molecule has 8 aromatic carbocycles. The predicted molar refractivity (Wildman–Crippen MR) is 285 cm³/mol. The summed E-state index contributed by atoms with van der Waals surface area (Å²) in [7, 11) is 0. The Bertz CT molecular complexity index is 3900. The fourth-order valence-corrected chi connectivity index (χ4v) is 11.1. The maximum atomic E-state index is 5.61. The van der Waals surface area contributed by atoms with E-state index in [2.05, 4.69) is 221 Å². The van der Waals surface area contributed by atoms with Gasteiger partial charge >= 0.3 is 21.1 Å². The number of hydrogen-bond acceptors (Lipinski definition) is 2. The molecule has 0 saturated carbocycles. The van der Waals surface area contributed by atoms with Gasteiger partial charge in [0.05, 0.1) is 11.0 Å². The maximum absolute atomic E-state index is 5.61. The number of pyridine rings is 1. The maximum Gasteiger partial charge on any atom is 2.00 e. The molecule has 0 N–H and O–H groups in total. The van der Waals surface area contributed by atoms with Crippen molar-refractivity contribution >= 4 is 54.6 Å². The van der Waals surface area contributed by atoms with E-state index in [1.165, 1.54) is 55.5 Å². The molecule has 0 fully saturated rings. The molecule has 12 rings (SSSR count). The third-order valence-corrected chi connectivity index (χ3v) is 14.0. The zero-order chi connectivity index (χ0) is 46.4. The van der Waals surface area contributed by atoms with Crippen LogP contribution < -0.4 is 4.98 Å². The van der Waals surface area contributed by atoms with Crippen LogP contribution in [0.1, 0.15) is 67.3 Å². The van der Waals surface area contributed by atoms with E-state index in [1.807, 2.05) is 12.3 Å².